The molecule has 2 rings (SSSR count). The summed E-state index contributed by atoms with van der Waals surface area (Å²) in [6, 6.07) is 4.95. The second-order valence-corrected chi connectivity index (χ2v) is 7.05. The van der Waals surface area contributed by atoms with Crippen molar-refractivity contribution in [2.45, 2.75) is 45.4 Å². The van der Waals surface area contributed by atoms with Crippen LogP contribution in [0.1, 0.15) is 39.3 Å². The molecular formula is C16H22ClFN2O2. The fraction of sp³-hybridized carbons (Fsp3) is 0.562. The monoisotopic (exact) mass is 328 g/mol. The van der Waals surface area contributed by atoms with Gasteiger partial charge in [-0.15, -0.1) is 0 Å². The molecule has 1 N–H and O–H groups in total. The molecule has 1 aliphatic rings. The number of carbonyl (C=O) groups excluding carboxylic acids is 1. The molecule has 0 bridgehead atoms. The Kier molecular flexibility index (Phi) is 4.97. The van der Waals surface area contributed by atoms with Crippen molar-refractivity contribution in [3.8, 4) is 0 Å². The predicted octanol–water partition coefficient (Wildman–Crippen LogP) is 3.75. The number of carbonyl (C=O) groups is 1. The summed E-state index contributed by atoms with van der Waals surface area (Å²) in [5.74, 6) is -0.420. The van der Waals surface area contributed by atoms with E-state index in [1.54, 1.807) is 17.0 Å². The molecule has 4 nitrogen and oxygen atoms in total. The van der Waals surface area contributed by atoms with E-state index in [0.29, 0.717) is 13.1 Å². The summed E-state index contributed by atoms with van der Waals surface area (Å²) >= 11 is 5.68. The number of rotatable bonds is 3. The van der Waals surface area contributed by atoms with Crippen molar-refractivity contribution >= 4 is 17.7 Å². The zero-order chi connectivity index (χ0) is 16.5. The van der Waals surface area contributed by atoms with Gasteiger partial charge in [-0.25, -0.2) is 9.18 Å². The van der Waals surface area contributed by atoms with Crippen LogP contribution in [0.5, 0.6) is 0 Å². The van der Waals surface area contributed by atoms with Gasteiger partial charge in [0.1, 0.15) is 11.4 Å². The molecule has 22 heavy (non-hydrogen) atoms. The minimum atomic E-state index is -0.482. The van der Waals surface area contributed by atoms with E-state index in [9.17, 15) is 9.18 Å². The molecule has 1 amide bonds. The van der Waals surface area contributed by atoms with Gasteiger partial charge >= 0.3 is 6.09 Å². The molecule has 0 aromatic heterocycles. The molecule has 122 valence electrons. The molecule has 1 aliphatic heterocycles. The Morgan fingerprint density at radius 2 is 2.09 bits per heavy atom. The van der Waals surface area contributed by atoms with Gasteiger partial charge in [-0.2, -0.15) is 0 Å². The lowest BCUT2D eigenvalue weighted by Gasteiger charge is -2.41. The summed E-state index contributed by atoms with van der Waals surface area (Å²) in [4.78, 5) is 13.5. The maximum absolute atomic E-state index is 13.5. The summed E-state index contributed by atoms with van der Waals surface area (Å²) in [5.41, 5.74) is 0.349. The van der Waals surface area contributed by atoms with E-state index in [2.05, 4.69) is 5.32 Å². The van der Waals surface area contributed by atoms with Gasteiger partial charge in [0.15, 0.2) is 0 Å². The molecule has 6 heteroatoms. The largest absolute Gasteiger partial charge is 0.444 e. The van der Waals surface area contributed by atoms with Crippen LogP contribution < -0.4 is 5.32 Å². The van der Waals surface area contributed by atoms with E-state index in [1.165, 1.54) is 6.07 Å². The molecule has 0 saturated carbocycles. The van der Waals surface area contributed by atoms with E-state index >= 15 is 0 Å². The van der Waals surface area contributed by atoms with Gasteiger partial charge in [-0.3, -0.25) is 0 Å². The molecule has 1 aromatic rings. The zero-order valence-corrected chi connectivity index (χ0v) is 14.1. The molecule has 1 fully saturated rings. The van der Waals surface area contributed by atoms with Crippen LogP contribution in [-0.2, 0) is 4.74 Å². The van der Waals surface area contributed by atoms with Crippen molar-refractivity contribution in [1.82, 2.24) is 10.2 Å². The molecule has 0 spiro atoms. The van der Waals surface area contributed by atoms with Crippen molar-refractivity contribution in [2.75, 3.05) is 13.1 Å². The van der Waals surface area contributed by atoms with Crippen molar-refractivity contribution in [3.63, 3.8) is 0 Å². The van der Waals surface area contributed by atoms with Gasteiger partial charge in [0.05, 0.1) is 5.02 Å². The topological polar surface area (TPSA) is 41.6 Å². The first-order chi connectivity index (χ1) is 10.2. The zero-order valence-electron chi connectivity index (χ0n) is 13.3. The fourth-order valence-corrected chi connectivity index (χ4v) is 2.41. The number of amides is 1. The van der Waals surface area contributed by atoms with E-state index in [4.69, 9.17) is 16.3 Å². The van der Waals surface area contributed by atoms with Crippen LogP contribution in [0.25, 0.3) is 0 Å². The molecule has 1 atom stereocenters. The maximum atomic E-state index is 13.5. The fourth-order valence-electron chi connectivity index (χ4n) is 2.29. The van der Waals surface area contributed by atoms with Gasteiger partial charge in [-0.05, 0) is 45.4 Å². The Hall–Kier alpha value is -1.33. The van der Waals surface area contributed by atoms with Crippen LogP contribution >= 0.6 is 11.6 Å². The van der Waals surface area contributed by atoms with E-state index < -0.39 is 11.4 Å². The highest BCUT2D eigenvalue weighted by molar-refractivity contribution is 6.30. The number of halogens is 2. The van der Waals surface area contributed by atoms with Gasteiger partial charge in [0.25, 0.3) is 0 Å². The molecule has 1 unspecified atom stereocenters. The van der Waals surface area contributed by atoms with Gasteiger partial charge < -0.3 is 15.0 Å². The Bertz CT molecular complexity index is 554. The number of likely N-dealkylation sites (tertiary alicyclic amines) is 1. The Balaban J connectivity index is 1.82. The minimum absolute atomic E-state index is 0.0162. The summed E-state index contributed by atoms with van der Waals surface area (Å²) in [6.45, 7) is 8.68. The van der Waals surface area contributed by atoms with Crippen LogP contribution in [0.2, 0.25) is 5.02 Å². The third-order valence-electron chi connectivity index (χ3n) is 3.46. The predicted molar refractivity (Wildman–Crippen MR) is 84.6 cm³/mol. The lowest BCUT2D eigenvalue weighted by molar-refractivity contribution is 0.00434. The first-order valence-corrected chi connectivity index (χ1v) is 7.72. The number of benzene rings is 1. The molecule has 1 saturated heterocycles. The van der Waals surface area contributed by atoms with E-state index in [0.717, 1.165) is 5.56 Å². The first kappa shape index (κ1) is 17.0. The highest BCUT2D eigenvalue weighted by Crippen LogP contribution is 2.22. The minimum Gasteiger partial charge on any atom is -0.444 e. The number of ether oxygens (including phenoxy) is 1. The Morgan fingerprint density at radius 3 is 2.64 bits per heavy atom. The number of nitrogens with one attached hydrogen (secondary N) is 1. The Morgan fingerprint density at radius 1 is 1.45 bits per heavy atom. The second kappa shape index (κ2) is 6.42. The molecular weight excluding hydrogens is 307 g/mol. The summed E-state index contributed by atoms with van der Waals surface area (Å²) in [7, 11) is 0. The number of hydrogen-bond donors (Lipinski definition) is 1. The highest BCUT2D eigenvalue weighted by atomic mass is 35.5. The molecule has 0 radical (unpaired) electrons. The van der Waals surface area contributed by atoms with Crippen molar-refractivity contribution in [1.29, 1.82) is 0 Å². The second-order valence-electron chi connectivity index (χ2n) is 6.64. The van der Waals surface area contributed by atoms with Crippen molar-refractivity contribution in [2.24, 2.45) is 0 Å². The van der Waals surface area contributed by atoms with Crippen molar-refractivity contribution < 1.29 is 13.9 Å². The van der Waals surface area contributed by atoms with Crippen LogP contribution in [0.4, 0.5) is 9.18 Å². The smallest absolute Gasteiger partial charge is 0.410 e. The average Bonchev–Trinajstić information content (AvgIpc) is 2.34. The van der Waals surface area contributed by atoms with Crippen LogP contribution in [0.3, 0.4) is 0 Å². The van der Waals surface area contributed by atoms with Crippen LogP contribution in [-0.4, -0.2) is 35.7 Å². The first-order valence-electron chi connectivity index (χ1n) is 7.34. The molecule has 1 heterocycles. The SMILES string of the molecule is CC(NC1CN(C(=O)OC(C)(C)C)C1)c1ccc(Cl)c(F)c1. The summed E-state index contributed by atoms with van der Waals surface area (Å²) in [5, 5.41) is 3.49. The van der Waals surface area contributed by atoms with Gasteiger partial charge in [-0.1, -0.05) is 17.7 Å². The maximum Gasteiger partial charge on any atom is 0.410 e. The number of nitrogens with zero attached hydrogens (tertiary/aromatic N) is 1. The van der Waals surface area contributed by atoms with Crippen molar-refractivity contribution in [3.05, 3.63) is 34.6 Å². The molecule has 1 aromatic carbocycles. The summed E-state index contributed by atoms with van der Waals surface area (Å²) < 4.78 is 18.8. The highest BCUT2D eigenvalue weighted by Gasteiger charge is 2.34. The Labute approximate surface area is 135 Å². The van der Waals surface area contributed by atoms with Gasteiger partial charge in [0, 0.05) is 25.2 Å². The standard InChI is InChI=1S/C16H22ClFN2O2/c1-10(11-5-6-13(17)14(18)7-11)19-12-8-20(9-12)15(21)22-16(2,3)4/h5-7,10,12,19H,8-9H2,1-4H3. The van der Waals surface area contributed by atoms with Crippen LogP contribution in [0.15, 0.2) is 18.2 Å². The molecule has 0 aliphatic carbocycles. The third-order valence-corrected chi connectivity index (χ3v) is 3.77. The number of hydrogen-bond acceptors (Lipinski definition) is 3. The lowest BCUT2D eigenvalue weighted by atomic mass is 10.0. The van der Waals surface area contributed by atoms with E-state index in [1.807, 2.05) is 27.7 Å². The normalized spacial score (nSPS) is 17.1. The quantitative estimate of drug-likeness (QED) is 0.918. The average molecular weight is 329 g/mol. The van der Waals surface area contributed by atoms with Crippen LogP contribution in [0, 0.1) is 5.82 Å². The lowest BCUT2D eigenvalue weighted by Crippen LogP contribution is -2.60. The van der Waals surface area contributed by atoms with Gasteiger partial charge in [0.2, 0.25) is 0 Å². The summed E-state index contributed by atoms with van der Waals surface area (Å²) in [6.07, 6.45) is -0.296. The third kappa shape index (κ3) is 4.34. The van der Waals surface area contributed by atoms with E-state index in [-0.39, 0.29) is 23.2 Å².